The van der Waals surface area contributed by atoms with Crippen LogP contribution in [0.5, 0.6) is 0 Å². The van der Waals surface area contributed by atoms with Crippen LogP contribution in [-0.2, 0) is 0 Å². The van der Waals surface area contributed by atoms with Gasteiger partial charge in [-0.2, -0.15) is 0 Å². The molecule has 0 aliphatic heterocycles. The standard InChI is InChI=1S/C11H14N2/c1-6-5-10-7(2)8(3)13-11(10)9(4)12-6/h5,13H,1-4H3. The Morgan fingerprint density at radius 1 is 1.15 bits per heavy atom. The average molecular weight is 174 g/mol. The van der Waals surface area contributed by atoms with Crippen LogP contribution in [-0.4, -0.2) is 9.97 Å². The molecule has 1 N–H and O–H groups in total. The number of hydrogen-bond donors (Lipinski definition) is 1. The lowest BCUT2D eigenvalue weighted by Gasteiger charge is -1.98. The van der Waals surface area contributed by atoms with Crippen molar-refractivity contribution in [2.45, 2.75) is 27.7 Å². The van der Waals surface area contributed by atoms with Gasteiger partial charge < -0.3 is 4.98 Å². The van der Waals surface area contributed by atoms with E-state index < -0.39 is 0 Å². The molecule has 0 amide bonds. The molecule has 0 unspecified atom stereocenters. The van der Waals surface area contributed by atoms with Crippen LogP contribution in [0.4, 0.5) is 0 Å². The lowest BCUT2D eigenvalue weighted by molar-refractivity contribution is 1.14. The van der Waals surface area contributed by atoms with Gasteiger partial charge in [0.25, 0.3) is 0 Å². The maximum atomic E-state index is 4.42. The van der Waals surface area contributed by atoms with Crippen LogP contribution in [0, 0.1) is 27.7 Å². The minimum Gasteiger partial charge on any atom is -0.357 e. The van der Waals surface area contributed by atoms with Crippen LogP contribution in [0.3, 0.4) is 0 Å². The monoisotopic (exact) mass is 174 g/mol. The molecule has 13 heavy (non-hydrogen) atoms. The van der Waals surface area contributed by atoms with E-state index in [1.165, 1.54) is 22.2 Å². The SMILES string of the molecule is Cc1cc2c(C)c(C)[nH]c2c(C)n1. The summed E-state index contributed by atoms with van der Waals surface area (Å²) in [6.07, 6.45) is 0. The Bertz CT molecular complexity index is 466. The summed E-state index contributed by atoms with van der Waals surface area (Å²) in [6, 6.07) is 2.14. The largest absolute Gasteiger partial charge is 0.357 e. The van der Waals surface area contributed by atoms with E-state index in [2.05, 4.69) is 29.9 Å². The fraction of sp³-hybridized carbons (Fsp3) is 0.364. The molecule has 2 heteroatoms. The zero-order valence-corrected chi connectivity index (χ0v) is 8.52. The molecule has 2 nitrogen and oxygen atoms in total. The van der Waals surface area contributed by atoms with Crippen molar-refractivity contribution in [1.29, 1.82) is 0 Å². The van der Waals surface area contributed by atoms with Gasteiger partial charge >= 0.3 is 0 Å². The van der Waals surface area contributed by atoms with Gasteiger partial charge in [0, 0.05) is 16.8 Å². The van der Waals surface area contributed by atoms with Crippen LogP contribution in [0.1, 0.15) is 22.6 Å². The molecule has 0 bridgehead atoms. The van der Waals surface area contributed by atoms with E-state index in [4.69, 9.17) is 0 Å². The number of fused-ring (bicyclic) bond motifs is 1. The highest BCUT2D eigenvalue weighted by Gasteiger charge is 2.07. The lowest BCUT2D eigenvalue weighted by Crippen LogP contribution is -1.86. The van der Waals surface area contributed by atoms with E-state index >= 15 is 0 Å². The Kier molecular flexibility index (Phi) is 1.65. The van der Waals surface area contributed by atoms with Crippen molar-refractivity contribution in [3.63, 3.8) is 0 Å². The highest BCUT2D eigenvalue weighted by molar-refractivity contribution is 5.86. The molecule has 0 radical (unpaired) electrons. The first-order chi connectivity index (χ1) is 6.09. The number of nitrogens with one attached hydrogen (secondary N) is 1. The van der Waals surface area contributed by atoms with E-state index in [9.17, 15) is 0 Å². The van der Waals surface area contributed by atoms with Crippen LogP contribution >= 0.6 is 0 Å². The van der Waals surface area contributed by atoms with Crippen molar-refractivity contribution in [3.05, 3.63) is 28.7 Å². The second-order valence-corrected chi connectivity index (χ2v) is 3.65. The first-order valence-electron chi connectivity index (χ1n) is 4.52. The van der Waals surface area contributed by atoms with Crippen LogP contribution < -0.4 is 0 Å². The molecule has 2 aromatic rings. The van der Waals surface area contributed by atoms with E-state index in [1.807, 2.05) is 13.8 Å². The number of H-pyrrole nitrogens is 1. The molecule has 0 fully saturated rings. The zero-order valence-electron chi connectivity index (χ0n) is 8.52. The van der Waals surface area contributed by atoms with Crippen molar-refractivity contribution < 1.29 is 0 Å². The summed E-state index contributed by atoms with van der Waals surface area (Å²) in [7, 11) is 0. The quantitative estimate of drug-likeness (QED) is 0.653. The fourth-order valence-electron chi connectivity index (χ4n) is 1.77. The van der Waals surface area contributed by atoms with Gasteiger partial charge in [0.1, 0.15) is 0 Å². The summed E-state index contributed by atoms with van der Waals surface area (Å²) in [5.41, 5.74) is 5.94. The molecule has 2 aromatic heterocycles. The normalized spacial score (nSPS) is 11.1. The Morgan fingerprint density at radius 3 is 2.54 bits per heavy atom. The molecular formula is C11H14N2. The third kappa shape index (κ3) is 1.13. The number of aromatic nitrogens is 2. The van der Waals surface area contributed by atoms with E-state index in [0.717, 1.165) is 11.4 Å². The molecule has 0 aromatic carbocycles. The minimum atomic E-state index is 1.09. The number of pyridine rings is 1. The van der Waals surface area contributed by atoms with Crippen molar-refractivity contribution in [1.82, 2.24) is 9.97 Å². The molecule has 68 valence electrons. The topological polar surface area (TPSA) is 28.7 Å². The van der Waals surface area contributed by atoms with E-state index in [1.54, 1.807) is 0 Å². The summed E-state index contributed by atoms with van der Waals surface area (Å²) in [6.45, 7) is 8.33. The van der Waals surface area contributed by atoms with Crippen LogP contribution in [0.15, 0.2) is 6.07 Å². The molecule has 0 saturated carbocycles. The maximum Gasteiger partial charge on any atom is 0.0675 e. The van der Waals surface area contributed by atoms with Gasteiger partial charge in [-0.3, -0.25) is 4.98 Å². The molecular weight excluding hydrogens is 160 g/mol. The van der Waals surface area contributed by atoms with Crippen molar-refractivity contribution >= 4 is 10.9 Å². The Labute approximate surface area is 78.0 Å². The van der Waals surface area contributed by atoms with Gasteiger partial charge in [-0.25, -0.2) is 0 Å². The third-order valence-corrected chi connectivity index (χ3v) is 2.61. The predicted molar refractivity (Wildman–Crippen MR) is 55.0 cm³/mol. The Hall–Kier alpha value is -1.31. The lowest BCUT2D eigenvalue weighted by atomic mass is 10.1. The predicted octanol–water partition coefficient (Wildman–Crippen LogP) is 2.80. The van der Waals surface area contributed by atoms with Crippen molar-refractivity contribution in [2.24, 2.45) is 0 Å². The molecule has 0 aliphatic carbocycles. The second-order valence-electron chi connectivity index (χ2n) is 3.65. The van der Waals surface area contributed by atoms with Gasteiger partial charge in [-0.1, -0.05) is 0 Å². The fourth-order valence-corrected chi connectivity index (χ4v) is 1.77. The summed E-state index contributed by atoms with van der Waals surface area (Å²) in [4.78, 5) is 7.78. The number of aryl methyl sites for hydroxylation is 4. The summed E-state index contributed by atoms with van der Waals surface area (Å²) >= 11 is 0. The number of hydrogen-bond acceptors (Lipinski definition) is 1. The van der Waals surface area contributed by atoms with Crippen LogP contribution in [0.2, 0.25) is 0 Å². The van der Waals surface area contributed by atoms with E-state index in [-0.39, 0.29) is 0 Å². The Balaban J connectivity index is 2.94. The van der Waals surface area contributed by atoms with Gasteiger partial charge in [0.05, 0.1) is 11.2 Å². The molecule has 0 saturated heterocycles. The second kappa shape index (κ2) is 2.59. The number of aromatic amines is 1. The zero-order chi connectivity index (χ0) is 9.59. The molecule has 2 heterocycles. The van der Waals surface area contributed by atoms with Gasteiger partial charge in [-0.15, -0.1) is 0 Å². The van der Waals surface area contributed by atoms with Gasteiger partial charge in [0.15, 0.2) is 0 Å². The van der Waals surface area contributed by atoms with Crippen molar-refractivity contribution in [2.75, 3.05) is 0 Å². The summed E-state index contributed by atoms with van der Waals surface area (Å²) in [5.74, 6) is 0. The van der Waals surface area contributed by atoms with E-state index in [0.29, 0.717) is 0 Å². The first kappa shape index (κ1) is 8.30. The number of nitrogens with zero attached hydrogens (tertiary/aromatic N) is 1. The van der Waals surface area contributed by atoms with Gasteiger partial charge in [0.2, 0.25) is 0 Å². The summed E-state index contributed by atoms with van der Waals surface area (Å²) < 4.78 is 0. The molecule has 0 aliphatic rings. The highest BCUT2D eigenvalue weighted by Crippen LogP contribution is 2.23. The Morgan fingerprint density at radius 2 is 1.85 bits per heavy atom. The maximum absolute atomic E-state index is 4.42. The summed E-state index contributed by atoms with van der Waals surface area (Å²) in [5, 5.41) is 1.31. The van der Waals surface area contributed by atoms with Crippen molar-refractivity contribution in [3.8, 4) is 0 Å². The molecule has 0 atom stereocenters. The average Bonchev–Trinajstić information content (AvgIpc) is 2.32. The minimum absolute atomic E-state index is 1.09. The van der Waals surface area contributed by atoms with Crippen LogP contribution in [0.25, 0.3) is 10.9 Å². The molecule has 0 spiro atoms. The number of rotatable bonds is 0. The van der Waals surface area contributed by atoms with Gasteiger partial charge in [-0.05, 0) is 39.3 Å². The smallest absolute Gasteiger partial charge is 0.0675 e. The highest BCUT2D eigenvalue weighted by atomic mass is 14.8. The molecule has 2 rings (SSSR count). The third-order valence-electron chi connectivity index (χ3n) is 2.61. The first-order valence-corrected chi connectivity index (χ1v) is 4.52.